The maximum Gasteiger partial charge on any atom is 0.237 e. The summed E-state index contributed by atoms with van der Waals surface area (Å²) in [5, 5.41) is 3.99. The van der Waals surface area contributed by atoms with Gasteiger partial charge in [-0.15, -0.1) is 0 Å². The first kappa shape index (κ1) is 19.8. The largest absolute Gasteiger partial charge is 0.323 e. The summed E-state index contributed by atoms with van der Waals surface area (Å²) >= 11 is 13.7. The monoisotopic (exact) mass is 419 g/mol. The highest BCUT2D eigenvalue weighted by atomic mass is 35.5. The third kappa shape index (κ3) is 4.32. The Labute approximate surface area is 172 Å². The number of nitrogens with zero attached hydrogens (tertiary/aromatic N) is 2. The van der Waals surface area contributed by atoms with Gasteiger partial charge in [0, 0.05) is 12.4 Å². The quantitative estimate of drug-likeness (QED) is 0.522. The lowest BCUT2D eigenvalue weighted by Gasteiger charge is -2.16. The fraction of sp³-hybridized carbons (Fsp3) is 0.200. The summed E-state index contributed by atoms with van der Waals surface area (Å²) in [5.74, 6) is -0.189. The first-order chi connectivity index (χ1) is 12.9. The summed E-state index contributed by atoms with van der Waals surface area (Å²) < 4.78 is 2.00. The first-order valence-electron chi connectivity index (χ1n) is 8.40. The van der Waals surface area contributed by atoms with Crippen molar-refractivity contribution in [2.45, 2.75) is 31.2 Å². The Balaban J connectivity index is 1.79. The third-order valence-electron chi connectivity index (χ3n) is 4.30. The van der Waals surface area contributed by atoms with Crippen LogP contribution >= 0.6 is 35.0 Å². The Kier molecular flexibility index (Phi) is 6.15. The minimum absolute atomic E-state index is 0.189. The Morgan fingerprint density at radius 1 is 1.15 bits per heavy atom. The van der Waals surface area contributed by atoms with E-state index in [1.807, 2.05) is 29.8 Å². The Morgan fingerprint density at radius 3 is 2.52 bits per heavy atom. The van der Waals surface area contributed by atoms with Gasteiger partial charge in [-0.3, -0.25) is 9.36 Å². The molecule has 0 fully saturated rings. The van der Waals surface area contributed by atoms with E-state index in [0.717, 1.165) is 10.8 Å². The first-order valence-corrected chi connectivity index (χ1v) is 10.0. The van der Waals surface area contributed by atoms with E-state index in [2.05, 4.69) is 30.2 Å². The van der Waals surface area contributed by atoms with Gasteiger partial charge in [0.15, 0.2) is 5.16 Å². The van der Waals surface area contributed by atoms with Gasteiger partial charge in [0.2, 0.25) is 5.91 Å². The lowest BCUT2D eigenvalue weighted by molar-refractivity contribution is -0.115. The Hall–Kier alpha value is -1.95. The molecule has 7 heteroatoms. The molecule has 0 saturated carbocycles. The lowest BCUT2D eigenvalue weighted by atomic mass is 10.1. The van der Waals surface area contributed by atoms with Gasteiger partial charge in [0.1, 0.15) is 0 Å². The van der Waals surface area contributed by atoms with E-state index in [1.54, 1.807) is 24.4 Å². The van der Waals surface area contributed by atoms with Crippen molar-refractivity contribution < 1.29 is 4.79 Å². The van der Waals surface area contributed by atoms with Gasteiger partial charge in [-0.25, -0.2) is 4.98 Å². The fourth-order valence-corrected chi connectivity index (χ4v) is 3.98. The van der Waals surface area contributed by atoms with Crippen molar-refractivity contribution in [2.75, 3.05) is 5.32 Å². The van der Waals surface area contributed by atoms with Gasteiger partial charge < -0.3 is 5.32 Å². The second-order valence-electron chi connectivity index (χ2n) is 6.14. The molecule has 1 heterocycles. The molecule has 3 aromatic rings. The average Bonchev–Trinajstić information content (AvgIpc) is 3.08. The summed E-state index contributed by atoms with van der Waals surface area (Å²) in [5.41, 5.74) is 3.86. The van der Waals surface area contributed by atoms with Crippen molar-refractivity contribution in [1.82, 2.24) is 9.55 Å². The fourth-order valence-electron chi connectivity index (χ4n) is 2.61. The normalized spacial score (nSPS) is 12.0. The number of aryl methyl sites for hydroxylation is 1. The van der Waals surface area contributed by atoms with Gasteiger partial charge in [-0.05, 0) is 50.1 Å². The number of hydrogen-bond acceptors (Lipinski definition) is 3. The molecular weight excluding hydrogens is 401 g/mol. The summed E-state index contributed by atoms with van der Waals surface area (Å²) in [6.07, 6.45) is 3.64. The molecule has 3 rings (SSSR count). The number of benzene rings is 2. The number of imidazole rings is 1. The number of aromatic nitrogens is 2. The van der Waals surface area contributed by atoms with Crippen molar-refractivity contribution in [3.8, 4) is 5.69 Å². The molecule has 0 aliphatic rings. The highest BCUT2D eigenvalue weighted by Crippen LogP contribution is 2.32. The van der Waals surface area contributed by atoms with Crippen LogP contribution in [0.2, 0.25) is 10.0 Å². The van der Waals surface area contributed by atoms with Crippen molar-refractivity contribution in [3.05, 3.63) is 70.0 Å². The van der Waals surface area contributed by atoms with Gasteiger partial charge >= 0.3 is 0 Å². The number of hydrogen-bond donors (Lipinski definition) is 1. The van der Waals surface area contributed by atoms with Crippen LogP contribution in [-0.2, 0) is 4.79 Å². The molecule has 1 aromatic heterocycles. The van der Waals surface area contributed by atoms with Gasteiger partial charge in [-0.1, -0.05) is 53.2 Å². The van der Waals surface area contributed by atoms with Crippen LogP contribution < -0.4 is 5.32 Å². The molecular formula is C20H19Cl2N3OS. The molecule has 1 N–H and O–H groups in total. The smallest absolute Gasteiger partial charge is 0.237 e. The second-order valence-corrected chi connectivity index (χ2v) is 8.27. The van der Waals surface area contributed by atoms with Gasteiger partial charge in [0.25, 0.3) is 0 Å². The lowest BCUT2D eigenvalue weighted by Crippen LogP contribution is -2.23. The SMILES string of the molecule is Cc1cccc(-n2ccnc2SC(C)C(=O)Nc2c(Cl)cccc2Cl)c1C. The van der Waals surface area contributed by atoms with Crippen LogP contribution in [0.4, 0.5) is 5.69 Å². The molecule has 27 heavy (non-hydrogen) atoms. The predicted octanol–water partition coefficient (Wildman–Crippen LogP) is 5.92. The van der Waals surface area contributed by atoms with Crippen LogP contribution in [0.25, 0.3) is 5.69 Å². The molecule has 0 aliphatic heterocycles. The zero-order valence-electron chi connectivity index (χ0n) is 15.2. The van der Waals surface area contributed by atoms with Gasteiger partial charge in [0.05, 0.1) is 26.7 Å². The van der Waals surface area contributed by atoms with Crippen LogP contribution in [0, 0.1) is 13.8 Å². The van der Waals surface area contributed by atoms with E-state index in [9.17, 15) is 4.79 Å². The maximum atomic E-state index is 12.6. The van der Waals surface area contributed by atoms with Crippen LogP contribution in [0.15, 0.2) is 53.9 Å². The number of carbonyl (C=O) groups is 1. The van der Waals surface area contributed by atoms with Crippen LogP contribution in [-0.4, -0.2) is 20.7 Å². The van der Waals surface area contributed by atoms with Crippen molar-refractivity contribution in [2.24, 2.45) is 0 Å². The second kappa shape index (κ2) is 8.38. The molecule has 0 spiro atoms. The van der Waals surface area contributed by atoms with Crippen molar-refractivity contribution in [1.29, 1.82) is 0 Å². The van der Waals surface area contributed by atoms with E-state index in [-0.39, 0.29) is 11.2 Å². The highest BCUT2D eigenvalue weighted by Gasteiger charge is 2.20. The Morgan fingerprint density at radius 2 is 1.81 bits per heavy atom. The molecule has 0 bridgehead atoms. The molecule has 1 amide bonds. The number of nitrogens with one attached hydrogen (secondary N) is 1. The predicted molar refractivity (Wildman–Crippen MR) is 113 cm³/mol. The molecule has 4 nitrogen and oxygen atoms in total. The molecule has 0 aliphatic carbocycles. The third-order valence-corrected chi connectivity index (χ3v) is 6.02. The summed E-state index contributed by atoms with van der Waals surface area (Å²) in [4.78, 5) is 17.0. The Bertz CT molecular complexity index is 967. The molecule has 140 valence electrons. The van der Waals surface area contributed by atoms with Crippen LogP contribution in [0.3, 0.4) is 0 Å². The van der Waals surface area contributed by atoms with E-state index in [4.69, 9.17) is 23.2 Å². The van der Waals surface area contributed by atoms with E-state index in [1.165, 1.54) is 22.9 Å². The number of para-hydroxylation sites is 1. The van der Waals surface area contributed by atoms with Crippen molar-refractivity contribution >= 4 is 46.6 Å². The zero-order valence-corrected chi connectivity index (χ0v) is 17.5. The van der Waals surface area contributed by atoms with Crippen LogP contribution in [0.1, 0.15) is 18.1 Å². The average molecular weight is 420 g/mol. The molecule has 0 radical (unpaired) electrons. The van der Waals surface area contributed by atoms with Crippen LogP contribution in [0.5, 0.6) is 0 Å². The minimum Gasteiger partial charge on any atom is -0.323 e. The minimum atomic E-state index is -0.386. The van der Waals surface area contributed by atoms with E-state index in [0.29, 0.717) is 15.7 Å². The van der Waals surface area contributed by atoms with E-state index < -0.39 is 0 Å². The van der Waals surface area contributed by atoms with Crippen molar-refractivity contribution in [3.63, 3.8) is 0 Å². The highest BCUT2D eigenvalue weighted by molar-refractivity contribution is 8.00. The maximum absolute atomic E-state index is 12.6. The molecule has 0 saturated heterocycles. The van der Waals surface area contributed by atoms with Gasteiger partial charge in [-0.2, -0.15) is 0 Å². The zero-order chi connectivity index (χ0) is 19.6. The van der Waals surface area contributed by atoms with E-state index >= 15 is 0 Å². The topological polar surface area (TPSA) is 46.9 Å². The standard InChI is InChI=1S/C20H19Cl2N3OS/c1-12-6-4-9-17(13(12)2)25-11-10-23-20(25)27-14(3)19(26)24-18-15(21)7-5-8-16(18)22/h4-11,14H,1-3H3,(H,24,26). The summed E-state index contributed by atoms with van der Waals surface area (Å²) in [6.45, 7) is 5.98. The molecule has 2 aromatic carbocycles. The molecule has 1 atom stereocenters. The summed E-state index contributed by atoms with van der Waals surface area (Å²) in [6, 6.07) is 11.2. The number of thioether (sulfide) groups is 1. The number of rotatable bonds is 5. The number of anilines is 1. The number of carbonyl (C=O) groups excluding carboxylic acids is 1. The number of amides is 1. The number of halogens is 2. The molecule has 1 unspecified atom stereocenters. The summed E-state index contributed by atoms with van der Waals surface area (Å²) in [7, 11) is 0.